The van der Waals surface area contributed by atoms with E-state index in [1.54, 1.807) is 13.0 Å². The summed E-state index contributed by atoms with van der Waals surface area (Å²) in [6.07, 6.45) is 1.51. The van der Waals surface area contributed by atoms with Crippen molar-refractivity contribution in [2.75, 3.05) is 0 Å². The highest BCUT2D eigenvalue weighted by Gasteiger charge is 2.20. The number of thiazole rings is 1. The normalized spacial score (nSPS) is 11.9. The summed E-state index contributed by atoms with van der Waals surface area (Å²) in [6.45, 7) is 5.62. The molecule has 0 atom stereocenters. The molecule has 2 heterocycles. The number of aromatic amines is 1. The Morgan fingerprint density at radius 1 is 1.29 bits per heavy atom. The summed E-state index contributed by atoms with van der Waals surface area (Å²) in [7, 11) is 0. The van der Waals surface area contributed by atoms with Gasteiger partial charge in [0.05, 0.1) is 32.1 Å². The molecule has 0 saturated carbocycles. The largest absolute Gasteiger partial charge is 0.292 e. The summed E-state index contributed by atoms with van der Waals surface area (Å²) in [5, 5.41) is 14.9. The average molecular weight is 436 g/mol. The van der Waals surface area contributed by atoms with Crippen LogP contribution in [0.25, 0.3) is 15.3 Å². The molecule has 0 aliphatic heterocycles. The zero-order valence-electron chi connectivity index (χ0n) is 17.4. The van der Waals surface area contributed by atoms with E-state index in [0.29, 0.717) is 28.5 Å². The van der Waals surface area contributed by atoms with Crippen molar-refractivity contribution < 1.29 is 4.92 Å². The molecule has 2 aromatic heterocycles. The molecule has 0 aliphatic rings. The standard InChI is InChI=1S/C22H21N5O3S/c1-4-7-17-20(14(3)23-18-12-15(27(29)30)11-10-13(18)2)21(28)26(25-17)22-24-16-8-5-6-9-19(16)31-22/h5-6,8-12,25H,4,7H2,1-3H3. The topological polar surface area (TPSA) is 106 Å². The lowest BCUT2D eigenvalue weighted by molar-refractivity contribution is -0.384. The third-order valence-corrected chi connectivity index (χ3v) is 6.01. The highest BCUT2D eigenvalue weighted by Crippen LogP contribution is 2.27. The maximum Gasteiger partial charge on any atom is 0.282 e. The van der Waals surface area contributed by atoms with Gasteiger partial charge in [0.25, 0.3) is 11.2 Å². The first-order valence-corrected chi connectivity index (χ1v) is 10.7. The van der Waals surface area contributed by atoms with Crippen LogP contribution in [0.3, 0.4) is 0 Å². The Kier molecular flexibility index (Phi) is 5.51. The number of nitrogens with zero attached hydrogens (tertiary/aromatic N) is 4. The van der Waals surface area contributed by atoms with Crippen molar-refractivity contribution in [3.05, 3.63) is 79.8 Å². The highest BCUT2D eigenvalue weighted by atomic mass is 32.1. The fraction of sp³-hybridized carbons (Fsp3) is 0.227. The minimum atomic E-state index is -0.452. The molecule has 0 fully saturated rings. The number of para-hydroxylation sites is 1. The maximum absolute atomic E-state index is 13.3. The van der Waals surface area contributed by atoms with Gasteiger partial charge in [-0.05, 0) is 38.0 Å². The van der Waals surface area contributed by atoms with E-state index < -0.39 is 4.92 Å². The molecule has 0 saturated heterocycles. The van der Waals surface area contributed by atoms with E-state index in [1.807, 2.05) is 38.1 Å². The summed E-state index contributed by atoms with van der Waals surface area (Å²) < 4.78 is 2.46. The quantitative estimate of drug-likeness (QED) is 0.259. The van der Waals surface area contributed by atoms with Crippen LogP contribution in [0.15, 0.2) is 52.3 Å². The predicted octanol–water partition coefficient (Wildman–Crippen LogP) is 5.09. The Morgan fingerprint density at radius 2 is 2.06 bits per heavy atom. The zero-order chi connectivity index (χ0) is 22.1. The first-order chi connectivity index (χ1) is 14.9. The van der Waals surface area contributed by atoms with E-state index in [-0.39, 0.29) is 11.2 Å². The Balaban J connectivity index is 1.84. The van der Waals surface area contributed by atoms with E-state index in [1.165, 1.54) is 28.2 Å². The number of aromatic nitrogens is 3. The van der Waals surface area contributed by atoms with E-state index in [9.17, 15) is 14.9 Å². The molecule has 0 amide bonds. The van der Waals surface area contributed by atoms with Gasteiger partial charge in [0.15, 0.2) is 0 Å². The van der Waals surface area contributed by atoms with Crippen molar-refractivity contribution in [1.82, 2.24) is 14.8 Å². The first-order valence-electron chi connectivity index (χ1n) is 9.89. The SMILES string of the molecule is CCCc1[nH]n(-c2nc3ccccc3s2)c(=O)c1C(C)=Nc1cc([N+](=O)[O-])ccc1C. The third kappa shape index (κ3) is 3.91. The van der Waals surface area contributed by atoms with Gasteiger partial charge in [-0.2, -0.15) is 4.68 Å². The fourth-order valence-electron chi connectivity index (χ4n) is 3.45. The minimum absolute atomic E-state index is 0.0353. The van der Waals surface area contributed by atoms with Gasteiger partial charge in [0.2, 0.25) is 5.13 Å². The van der Waals surface area contributed by atoms with Gasteiger partial charge in [-0.25, -0.2) is 4.98 Å². The van der Waals surface area contributed by atoms with E-state index in [4.69, 9.17) is 0 Å². The number of nitro groups is 1. The number of H-pyrrole nitrogens is 1. The molecule has 0 spiro atoms. The molecule has 0 bridgehead atoms. The molecule has 9 heteroatoms. The molecule has 4 rings (SSSR count). The van der Waals surface area contributed by atoms with Crippen LogP contribution in [0.4, 0.5) is 11.4 Å². The van der Waals surface area contributed by atoms with Crippen molar-refractivity contribution >= 4 is 38.6 Å². The second-order valence-electron chi connectivity index (χ2n) is 7.25. The van der Waals surface area contributed by atoms with Gasteiger partial charge < -0.3 is 0 Å². The first kappa shape index (κ1) is 20.7. The Bertz CT molecular complexity index is 1350. The van der Waals surface area contributed by atoms with E-state index in [2.05, 4.69) is 15.1 Å². The number of fused-ring (bicyclic) bond motifs is 1. The van der Waals surface area contributed by atoms with Gasteiger partial charge in [0, 0.05) is 17.8 Å². The van der Waals surface area contributed by atoms with Gasteiger partial charge in [-0.15, -0.1) is 0 Å². The average Bonchev–Trinajstić information content (AvgIpc) is 3.30. The molecule has 31 heavy (non-hydrogen) atoms. The Hall–Kier alpha value is -3.59. The summed E-state index contributed by atoms with van der Waals surface area (Å²) in [5.41, 5.74) is 3.60. The number of aryl methyl sites for hydroxylation is 2. The lowest BCUT2D eigenvalue weighted by Crippen LogP contribution is -2.19. The molecule has 2 aromatic carbocycles. The molecular weight excluding hydrogens is 414 g/mol. The van der Waals surface area contributed by atoms with Crippen LogP contribution in [0.2, 0.25) is 0 Å². The number of hydrogen-bond donors (Lipinski definition) is 1. The number of nitrogens with one attached hydrogen (secondary N) is 1. The van der Waals surface area contributed by atoms with Crippen LogP contribution in [0.1, 0.15) is 37.1 Å². The van der Waals surface area contributed by atoms with Crippen LogP contribution in [-0.2, 0) is 6.42 Å². The minimum Gasteiger partial charge on any atom is -0.292 e. The lowest BCUT2D eigenvalue weighted by Gasteiger charge is -2.04. The van der Waals surface area contributed by atoms with Gasteiger partial charge in [0.1, 0.15) is 0 Å². The van der Waals surface area contributed by atoms with E-state index in [0.717, 1.165) is 27.9 Å². The van der Waals surface area contributed by atoms with Crippen LogP contribution >= 0.6 is 11.3 Å². The molecule has 158 valence electrons. The van der Waals surface area contributed by atoms with Crippen molar-refractivity contribution in [2.24, 2.45) is 4.99 Å². The van der Waals surface area contributed by atoms with Crippen LogP contribution in [0, 0.1) is 17.0 Å². The fourth-order valence-corrected chi connectivity index (χ4v) is 4.37. The van der Waals surface area contributed by atoms with Crippen LogP contribution in [-0.4, -0.2) is 25.4 Å². The number of rotatable bonds is 6. The lowest BCUT2D eigenvalue weighted by atomic mass is 10.1. The summed E-state index contributed by atoms with van der Waals surface area (Å²) in [6, 6.07) is 12.3. The van der Waals surface area contributed by atoms with Crippen molar-refractivity contribution in [3.8, 4) is 5.13 Å². The highest BCUT2D eigenvalue weighted by molar-refractivity contribution is 7.20. The number of aliphatic imine (C=N–C) groups is 1. The monoisotopic (exact) mass is 435 g/mol. The second-order valence-corrected chi connectivity index (χ2v) is 8.25. The predicted molar refractivity (Wildman–Crippen MR) is 123 cm³/mol. The smallest absolute Gasteiger partial charge is 0.282 e. The molecule has 0 radical (unpaired) electrons. The van der Waals surface area contributed by atoms with Gasteiger partial charge >= 0.3 is 0 Å². The van der Waals surface area contributed by atoms with Crippen molar-refractivity contribution in [1.29, 1.82) is 0 Å². The van der Waals surface area contributed by atoms with Crippen molar-refractivity contribution in [2.45, 2.75) is 33.6 Å². The summed E-state index contributed by atoms with van der Waals surface area (Å²) in [4.78, 5) is 33.2. The van der Waals surface area contributed by atoms with E-state index >= 15 is 0 Å². The number of hydrogen-bond acceptors (Lipinski definition) is 6. The molecule has 0 aliphatic carbocycles. The van der Waals surface area contributed by atoms with Crippen molar-refractivity contribution in [3.63, 3.8) is 0 Å². The second kappa shape index (κ2) is 8.27. The number of benzene rings is 2. The van der Waals surface area contributed by atoms with Crippen LogP contribution < -0.4 is 5.56 Å². The third-order valence-electron chi connectivity index (χ3n) is 4.99. The number of non-ortho nitro benzene ring substituents is 1. The zero-order valence-corrected chi connectivity index (χ0v) is 18.2. The Morgan fingerprint density at radius 3 is 2.77 bits per heavy atom. The summed E-state index contributed by atoms with van der Waals surface area (Å²) >= 11 is 1.43. The molecular formula is C22H21N5O3S. The maximum atomic E-state index is 13.3. The van der Waals surface area contributed by atoms with Gasteiger partial charge in [-0.3, -0.25) is 25.0 Å². The molecule has 1 N–H and O–H groups in total. The van der Waals surface area contributed by atoms with Crippen LogP contribution in [0.5, 0.6) is 0 Å². The molecule has 4 aromatic rings. The number of nitro benzene ring substituents is 1. The summed E-state index contributed by atoms with van der Waals surface area (Å²) in [5.74, 6) is 0. The molecule has 0 unspecified atom stereocenters. The van der Waals surface area contributed by atoms with Gasteiger partial charge in [-0.1, -0.05) is 42.9 Å². The Labute approximate surface area is 182 Å². The molecule has 8 nitrogen and oxygen atoms in total.